The predicted octanol–water partition coefficient (Wildman–Crippen LogP) is 3.10. The molecule has 0 saturated heterocycles. The van der Waals surface area contributed by atoms with Crippen molar-refractivity contribution >= 4 is 22.7 Å². The van der Waals surface area contributed by atoms with Crippen LogP contribution in [0.4, 0.5) is 10.5 Å². The Morgan fingerprint density at radius 3 is 2.66 bits per heavy atom. The van der Waals surface area contributed by atoms with Crippen molar-refractivity contribution in [3.8, 4) is 5.75 Å². The van der Waals surface area contributed by atoms with Gasteiger partial charge in [-0.1, -0.05) is 24.3 Å². The molecule has 2 aromatic carbocycles. The van der Waals surface area contributed by atoms with E-state index in [1.807, 2.05) is 31.3 Å². The first-order valence-corrected chi connectivity index (χ1v) is 9.41. The van der Waals surface area contributed by atoms with E-state index in [-0.39, 0.29) is 18.9 Å². The van der Waals surface area contributed by atoms with Crippen LogP contribution in [0.2, 0.25) is 0 Å². The van der Waals surface area contributed by atoms with Crippen LogP contribution in [0.1, 0.15) is 18.1 Å². The molecule has 0 radical (unpaired) electrons. The number of hydrogen-bond acceptors (Lipinski definition) is 5. The zero-order chi connectivity index (χ0) is 21.0. The Morgan fingerprint density at radius 1 is 1.21 bits per heavy atom. The van der Waals surface area contributed by atoms with Crippen molar-refractivity contribution in [3.63, 3.8) is 0 Å². The molecular formula is C22H24N2O5. The SMILES string of the molecule is CCN(C)c1ccccc1Cc1ccc2c(c1)c(=O)c(OC(=O)O)cn2CCO. The van der Waals surface area contributed by atoms with Gasteiger partial charge in [-0.15, -0.1) is 0 Å². The van der Waals surface area contributed by atoms with Crippen LogP contribution < -0.4 is 15.1 Å². The van der Waals surface area contributed by atoms with Crippen LogP contribution in [0.3, 0.4) is 0 Å². The number of benzene rings is 2. The van der Waals surface area contributed by atoms with Crippen LogP contribution in [0.15, 0.2) is 53.5 Å². The zero-order valence-electron chi connectivity index (χ0n) is 16.5. The van der Waals surface area contributed by atoms with E-state index in [0.29, 0.717) is 17.3 Å². The van der Waals surface area contributed by atoms with Gasteiger partial charge in [0.2, 0.25) is 5.43 Å². The first-order chi connectivity index (χ1) is 13.9. The van der Waals surface area contributed by atoms with Gasteiger partial charge in [-0.25, -0.2) is 4.79 Å². The van der Waals surface area contributed by atoms with E-state index in [1.54, 1.807) is 10.6 Å². The number of ether oxygens (including phenoxy) is 1. The molecule has 7 heteroatoms. The standard InChI is InChI=1S/C22H24N2O5/c1-3-23(2)18-7-5-4-6-16(18)12-15-8-9-19-17(13-15)21(26)20(29-22(27)28)14-24(19)10-11-25/h4-9,13-14,25H,3,10-12H2,1-2H3,(H,27,28). The van der Waals surface area contributed by atoms with Crippen molar-refractivity contribution in [3.05, 3.63) is 70.0 Å². The molecule has 7 nitrogen and oxygen atoms in total. The first kappa shape index (κ1) is 20.4. The van der Waals surface area contributed by atoms with E-state index in [0.717, 1.165) is 23.4 Å². The number of carboxylic acid groups (broad SMARTS) is 1. The number of fused-ring (bicyclic) bond motifs is 1. The number of carbonyl (C=O) groups is 1. The number of aromatic nitrogens is 1. The van der Waals surface area contributed by atoms with E-state index in [1.165, 1.54) is 6.20 Å². The molecule has 0 fully saturated rings. The van der Waals surface area contributed by atoms with Crippen molar-refractivity contribution in [1.82, 2.24) is 4.57 Å². The third-order valence-corrected chi connectivity index (χ3v) is 4.92. The Balaban J connectivity index is 2.09. The Kier molecular flexibility index (Phi) is 6.19. The maximum Gasteiger partial charge on any atom is 0.511 e. The largest absolute Gasteiger partial charge is 0.511 e. The molecule has 0 unspecified atom stereocenters. The van der Waals surface area contributed by atoms with E-state index >= 15 is 0 Å². The fourth-order valence-corrected chi connectivity index (χ4v) is 3.41. The van der Waals surface area contributed by atoms with Crippen LogP contribution in [0, 0.1) is 0 Å². The minimum atomic E-state index is -1.55. The van der Waals surface area contributed by atoms with Crippen molar-refractivity contribution in [2.45, 2.75) is 19.9 Å². The maximum atomic E-state index is 12.8. The van der Waals surface area contributed by atoms with Crippen LogP contribution >= 0.6 is 0 Å². The molecule has 1 aromatic heterocycles. The topological polar surface area (TPSA) is 92.0 Å². The second kappa shape index (κ2) is 8.79. The average Bonchev–Trinajstić information content (AvgIpc) is 2.71. The predicted molar refractivity (Wildman–Crippen MR) is 112 cm³/mol. The van der Waals surface area contributed by atoms with Crippen LogP contribution in [-0.4, -0.2) is 41.1 Å². The molecule has 0 atom stereocenters. The number of anilines is 1. The van der Waals surface area contributed by atoms with Crippen molar-refractivity contribution in [1.29, 1.82) is 0 Å². The second-order valence-electron chi connectivity index (χ2n) is 6.78. The lowest BCUT2D eigenvalue weighted by molar-refractivity contribution is 0.143. The number of aliphatic hydroxyl groups excluding tert-OH is 1. The summed E-state index contributed by atoms with van der Waals surface area (Å²) < 4.78 is 6.28. The van der Waals surface area contributed by atoms with Gasteiger partial charge in [-0.3, -0.25) is 4.79 Å². The van der Waals surface area contributed by atoms with E-state index < -0.39 is 11.6 Å². The summed E-state index contributed by atoms with van der Waals surface area (Å²) in [5.74, 6) is -0.276. The molecule has 1 heterocycles. The molecule has 0 aliphatic carbocycles. The van der Waals surface area contributed by atoms with E-state index in [4.69, 9.17) is 5.11 Å². The normalized spacial score (nSPS) is 10.9. The summed E-state index contributed by atoms with van der Waals surface area (Å²) in [4.78, 5) is 25.9. The molecule has 0 amide bonds. The number of rotatable bonds is 7. The van der Waals surface area contributed by atoms with Crippen molar-refractivity contribution in [2.24, 2.45) is 0 Å². The van der Waals surface area contributed by atoms with E-state index in [9.17, 15) is 14.7 Å². The third kappa shape index (κ3) is 4.41. The zero-order valence-corrected chi connectivity index (χ0v) is 16.5. The lowest BCUT2D eigenvalue weighted by Gasteiger charge is -2.21. The summed E-state index contributed by atoms with van der Waals surface area (Å²) in [5.41, 5.74) is 3.30. The highest BCUT2D eigenvalue weighted by Gasteiger charge is 2.14. The molecule has 2 N–H and O–H groups in total. The van der Waals surface area contributed by atoms with Crippen LogP contribution in [0.25, 0.3) is 10.9 Å². The highest BCUT2D eigenvalue weighted by Crippen LogP contribution is 2.24. The fraction of sp³-hybridized carbons (Fsp3) is 0.273. The third-order valence-electron chi connectivity index (χ3n) is 4.92. The summed E-state index contributed by atoms with van der Waals surface area (Å²) >= 11 is 0. The Bertz CT molecular complexity index is 1090. The summed E-state index contributed by atoms with van der Waals surface area (Å²) in [5, 5.41) is 18.6. The Labute approximate surface area is 168 Å². The minimum absolute atomic E-state index is 0.150. The maximum absolute atomic E-state index is 12.8. The average molecular weight is 396 g/mol. The molecule has 0 saturated carbocycles. The van der Waals surface area contributed by atoms with Gasteiger partial charge in [-0.2, -0.15) is 0 Å². The van der Waals surface area contributed by atoms with Gasteiger partial charge in [0, 0.05) is 31.2 Å². The molecule has 0 aliphatic heterocycles. The molecule has 3 aromatic rings. The van der Waals surface area contributed by atoms with Gasteiger partial charge >= 0.3 is 6.16 Å². The lowest BCUT2D eigenvalue weighted by atomic mass is 10.0. The van der Waals surface area contributed by atoms with Crippen molar-refractivity contribution < 1.29 is 19.7 Å². The smallest absolute Gasteiger partial charge is 0.449 e. The number of nitrogens with zero attached hydrogens (tertiary/aromatic N) is 2. The number of hydrogen-bond donors (Lipinski definition) is 2. The highest BCUT2D eigenvalue weighted by molar-refractivity contribution is 5.82. The molecule has 0 spiro atoms. The summed E-state index contributed by atoms with van der Waals surface area (Å²) in [7, 11) is 2.03. The summed E-state index contributed by atoms with van der Waals surface area (Å²) in [6.45, 7) is 3.02. The summed E-state index contributed by atoms with van der Waals surface area (Å²) in [6.07, 6.45) is 0.393. The number of para-hydroxylation sites is 1. The molecular weight excluding hydrogens is 372 g/mol. The fourth-order valence-electron chi connectivity index (χ4n) is 3.41. The van der Waals surface area contributed by atoms with Gasteiger partial charge in [-0.05, 0) is 42.7 Å². The van der Waals surface area contributed by atoms with Gasteiger partial charge < -0.3 is 24.4 Å². The van der Waals surface area contributed by atoms with E-state index in [2.05, 4.69) is 28.7 Å². The van der Waals surface area contributed by atoms with Gasteiger partial charge in [0.25, 0.3) is 0 Å². The van der Waals surface area contributed by atoms with Gasteiger partial charge in [0.1, 0.15) is 0 Å². The second-order valence-corrected chi connectivity index (χ2v) is 6.78. The van der Waals surface area contributed by atoms with Gasteiger partial charge in [0.15, 0.2) is 5.75 Å². The molecule has 3 rings (SSSR count). The lowest BCUT2D eigenvalue weighted by Crippen LogP contribution is -2.18. The van der Waals surface area contributed by atoms with Crippen LogP contribution in [-0.2, 0) is 13.0 Å². The Hall–Kier alpha value is -3.32. The van der Waals surface area contributed by atoms with Crippen LogP contribution in [0.5, 0.6) is 5.75 Å². The molecule has 29 heavy (non-hydrogen) atoms. The minimum Gasteiger partial charge on any atom is -0.449 e. The van der Waals surface area contributed by atoms with Crippen molar-refractivity contribution in [2.75, 3.05) is 25.1 Å². The Morgan fingerprint density at radius 2 is 1.97 bits per heavy atom. The highest BCUT2D eigenvalue weighted by atomic mass is 16.7. The summed E-state index contributed by atoms with van der Waals surface area (Å²) in [6, 6.07) is 13.6. The molecule has 0 aliphatic rings. The number of pyridine rings is 1. The molecule has 152 valence electrons. The monoisotopic (exact) mass is 396 g/mol. The number of aliphatic hydroxyl groups is 1. The molecule has 0 bridgehead atoms. The quantitative estimate of drug-likeness (QED) is 0.596. The van der Waals surface area contributed by atoms with Gasteiger partial charge in [0.05, 0.1) is 18.3 Å². The first-order valence-electron chi connectivity index (χ1n) is 9.41.